The summed E-state index contributed by atoms with van der Waals surface area (Å²) < 4.78 is 0. The Balaban J connectivity index is 1.82. The molecule has 0 aliphatic carbocycles. The second kappa shape index (κ2) is 8.61. The zero-order valence-corrected chi connectivity index (χ0v) is 15.7. The highest BCUT2D eigenvalue weighted by atomic mass is 16.3. The first-order valence-electron chi connectivity index (χ1n) is 9.04. The largest absolute Gasteiger partial charge is 0.388 e. The fourth-order valence-corrected chi connectivity index (χ4v) is 2.87. The zero-order chi connectivity index (χ0) is 18.4. The Morgan fingerprint density at radius 1 is 0.880 bits per heavy atom. The van der Waals surface area contributed by atoms with Crippen LogP contribution in [-0.2, 0) is 5.41 Å². The molecule has 0 aliphatic rings. The molecule has 0 fully saturated rings. The molecule has 0 saturated heterocycles. The van der Waals surface area contributed by atoms with Crippen LogP contribution in [0.4, 0.5) is 0 Å². The molecular formula is C22H31NO2. The van der Waals surface area contributed by atoms with Gasteiger partial charge in [0.15, 0.2) is 0 Å². The topological polar surface area (TPSA) is 52.5 Å². The Kier molecular flexibility index (Phi) is 6.77. The second-order valence-corrected chi connectivity index (χ2v) is 7.77. The van der Waals surface area contributed by atoms with Gasteiger partial charge in [-0.25, -0.2) is 0 Å². The highest BCUT2D eigenvalue weighted by Crippen LogP contribution is 2.25. The van der Waals surface area contributed by atoms with Crippen LogP contribution >= 0.6 is 0 Å². The molecular weight excluding hydrogens is 310 g/mol. The van der Waals surface area contributed by atoms with Crippen LogP contribution in [0.15, 0.2) is 54.6 Å². The number of hydrogen-bond donors (Lipinski definition) is 3. The molecule has 3 heteroatoms. The van der Waals surface area contributed by atoms with E-state index in [-0.39, 0.29) is 11.5 Å². The van der Waals surface area contributed by atoms with Crippen LogP contribution in [0.1, 0.15) is 63.0 Å². The maximum Gasteiger partial charge on any atom is 0.0940 e. The summed E-state index contributed by atoms with van der Waals surface area (Å²) in [5, 5.41) is 24.0. The van der Waals surface area contributed by atoms with Crippen molar-refractivity contribution in [2.45, 2.75) is 57.8 Å². The van der Waals surface area contributed by atoms with E-state index in [1.807, 2.05) is 49.4 Å². The van der Waals surface area contributed by atoms with E-state index in [2.05, 4.69) is 38.2 Å². The fourth-order valence-electron chi connectivity index (χ4n) is 2.87. The average Bonchev–Trinajstić information content (AvgIpc) is 2.61. The van der Waals surface area contributed by atoms with Crippen LogP contribution in [0.25, 0.3) is 0 Å². The van der Waals surface area contributed by atoms with Gasteiger partial charge >= 0.3 is 0 Å². The van der Waals surface area contributed by atoms with Gasteiger partial charge in [0.2, 0.25) is 0 Å². The van der Waals surface area contributed by atoms with E-state index in [1.165, 1.54) is 5.56 Å². The summed E-state index contributed by atoms with van der Waals surface area (Å²) in [4.78, 5) is 0. The third-order valence-electron chi connectivity index (χ3n) is 4.66. The van der Waals surface area contributed by atoms with Crippen molar-refractivity contribution in [1.29, 1.82) is 0 Å². The molecule has 0 aliphatic heterocycles. The van der Waals surface area contributed by atoms with E-state index >= 15 is 0 Å². The monoisotopic (exact) mass is 341 g/mol. The van der Waals surface area contributed by atoms with E-state index < -0.39 is 12.2 Å². The van der Waals surface area contributed by atoms with Crippen LogP contribution in [0, 0.1) is 0 Å². The maximum absolute atomic E-state index is 10.4. The molecule has 0 saturated carbocycles. The number of rotatable bonds is 7. The molecule has 0 amide bonds. The summed E-state index contributed by atoms with van der Waals surface area (Å²) in [5.41, 5.74) is 3.22. The van der Waals surface area contributed by atoms with Gasteiger partial charge in [-0.3, -0.25) is 0 Å². The molecule has 3 atom stereocenters. The molecule has 0 bridgehead atoms. The van der Waals surface area contributed by atoms with Crippen molar-refractivity contribution in [2.75, 3.05) is 6.54 Å². The summed E-state index contributed by atoms with van der Waals surface area (Å²) in [7, 11) is 0. The lowest BCUT2D eigenvalue weighted by Crippen LogP contribution is -2.33. The third-order valence-corrected chi connectivity index (χ3v) is 4.66. The highest BCUT2D eigenvalue weighted by molar-refractivity contribution is 5.28. The third kappa shape index (κ3) is 5.67. The van der Waals surface area contributed by atoms with Crippen LogP contribution < -0.4 is 5.32 Å². The molecule has 0 aromatic heterocycles. The van der Waals surface area contributed by atoms with E-state index in [9.17, 15) is 10.2 Å². The van der Waals surface area contributed by atoms with Gasteiger partial charge in [0, 0.05) is 6.04 Å². The molecule has 3 unspecified atom stereocenters. The summed E-state index contributed by atoms with van der Waals surface area (Å²) in [6.45, 7) is 9.15. The van der Waals surface area contributed by atoms with Crippen LogP contribution in [0.5, 0.6) is 0 Å². The molecule has 2 rings (SSSR count). The number of aliphatic hydroxyl groups excluding tert-OH is 2. The molecule has 0 radical (unpaired) electrons. The van der Waals surface area contributed by atoms with Crippen molar-refractivity contribution in [3.05, 3.63) is 71.3 Å². The molecule has 2 aromatic carbocycles. The quantitative estimate of drug-likeness (QED) is 0.710. The second-order valence-electron chi connectivity index (χ2n) is 7.77. The van der Waals surface area contributed by atoms with Crippen LogP contribution in [-0.4, -0.2) is 22.8 Å². The van der Waals surface area contributed by atoms with Crippen molar-refractivity contribution in [3.8, 4) is 0 Å². The first-order chi connectivity index (χ1) is 11.8. The van der Waals surface area contributed by atoms with Gasteiger partial charge in [-0.15, -0.1) is 0 Å². The normalized spacial score (nSPS) is 15.6. The Hall–Kier alpha value is -1.68. The predicted octanol–water partition coefficient (Wildman–Crippen LogP) is 4.12. The minimum absolute atomic E-state index is 0.0714. The first-order valence-corrected chi connectivity index (χ1v) is 9.04. The average molecular weight is 341 g/mol. The molecule has 3 nitrogen and oxygen atoms in total. The molecule has 136 valence electrons. The summed E-state index contributed by atoms with van der Waals surface area (Å²) in [6.07, 6.45) is -0.437. The lowest BCUT2D eigenvalue weighted by Gasteiger charge is -2.22. The maximum atomic E-state index is 10.4. The van der Waals surface area contributed by atoms with Gasteiger partial charge in [-0.05, 0) is 42.0 Å². The van der Waals surface area contributed by atoms with Crippen molar-refractivity contribution >= 4 is 0 Å². The fraction of sp³-hybridized carbons (Fsp3) is 0.455. The van der Waals surface area contributed by atoms with Gasteiger partial charge in [-0.2, -0.15) is 0 Å². The number of nitrogens with one attached hydrogen (secondary N) is 1. The Morgan fingerprint density at radius 3 is 2.04 bits per heavy atom. The molecule has 25 heavy (non-hydrogen) atoms. The van der Waals surface area contributed by atoms with Crippen molar-refractivity contribution in [1.82, 2.24) is 5.32 Å². The van der Waals surface area contributed by atoms with Gasteiger partial charge in [0.05, 0.1) is 12.2 Å². The lowest BCUT2D eigenvalue weighted by molar-refractivity contribution is 0.127. The summed E-state index contributed by atoms with van der Waals surface area (Å²) in [5.74, 6) is 0. The Labute approximate surface area is 151 Å². The summed E-state index contributed by atoms with van der Waals surface area (Å²) >= 11 is 0. The van der Waals surface area contributed by atoms with Gasteiger partial charge in [-0.1, -0.05) is 75.4 Å². The zero-order valence-electron chi connectivity index (χ0n) is 15.7. The first kappa shape index (κ1) is 19.6. The minimum Gasteiger partial charge on any atom is -0.388 e. The van der Waals surface area contributed by atoms with Gasteiger partial charge in [0.25, 0.3) is 0 Å². The Bertz CT molecular complexity index is 631. The van der Waals surface area contributed by atoms with Crippen molar-refractivity contribution in [3.63, 3.8) is 0 Å². The van der Waals surface area contributed by atoms with Crippen LogP contribution in [0.2, 0.25) is 0 Å². The van der Waals surface area contributed by atoms with Crippen molar-refractivity contribution < 1.29 is 10.2 Å². The Morgan fingerprint density at radius 2 is 1.48 bits per heavy atom. The molecule has 0 heterocycles. The number of hydrogen-bond acceptors (Lipinski definition) is 3. The molecule has 0 spiro atoms. The van der Waals surface area contributed by atoms with E-state index in [4.69, 9.17) is 0 Å². The van der Waals surface area contributed by atoms with Gasteiger partial charge < -0.3 is 15.5 Å². The van der Waals surface area contributed by atoms with Crippen LogP contribution in [0.3, 0.4) is 0 Å². The predicted molar refractivity (Wildman–Crippen MR) is 104 cm³/mol. The molecule has 3 N–H and O–H groups in total. The van der Waals surface area contributed by atoms with E-state index in [0.717, 1.165) is 11.1 Å². The number of benzene rings is 2. The molecule has 2 aromatic rings. The van der Waals surface area contributed by atoms with E-state index in [1.54, 1.807) is 0 Å². The van der Waals surface area contributed by atoms with Gasteiger partial charge in [0.1, 0.15) is 0 Å². The standard InChI is InChI=1S/C22H31NO2/c1-16(21(25)18-8-6-5-7-9-18)23-15-14-20(24)17-10-12-19(13-11-17)22(2,3)4/h5-13,16,20-21,23-25H,14-15H2,1-4H3. The summed E-state index contributed by atoms with van der Waals surface area (Å²) in [6, 6.07) is 17.8. The smallest absolute Gasteiger partial charge is 0.0940 e. The SMILES string of the molecule is CC(NCCC(O)c1ccc(C(C)(C)C)cc1)C(O)c1ccccc1. The van der Waals surface area contributed by atoms with Crippen molar-refractivity contribution in [2.24, 2.45) is 0 Å². The number of aliphatic hydroxyl groups is 2. The minimum atomic E-state index is -0.551. The highest BCUT2D eigenvalue weighted by Gasteiger charge is 2.17. The van der Waals surface area contributed by atoms with E-state index in [0.29, 0.717) is 13.0 Å². The lowest BCUT2D eigenvalue weighted by atomic mass is 9.86.